The van der Waals surface area contributed by atoms with Crippen molar-refractivity contribution in [2.24, 2.45) is 5.41 Å². The summed E-state index contributed by atoms with van der Waals surface area (Å²) in [6.07, 6.45) is 0. The second-order valence-corrected chi connectivity index (χ2v) is 6.31. The largest absolute Gasteiger partial charge is 0.396 e. The number of hydrogen-bond donors (Lipinski definition) is 2. The molecule has 0 atom stereocenters. The van der Waals surface area contributed by atoms with Gasteiger partial charge in [-0.1, -0.05) is 35.8 Å². The Morgan fingerprint density at radius 2 is 2.04 bits per heavy atom. The van der Waals surface area contributed by atoms with Crippen LogP contribution < -0.4 is 0 Å². The molecule has 1 aromatic heterocycles. The molecule has 0 aliphatic carbocycles. The minimum Gasteiger partial charge on any atom is -0.396 e. The van der Waals surface area contributed by atoms with Gasteiger partial charge in [-0.25, -0.2) is 0 Å². The van der Waals surface area contributed by atoms with Crippen LogP contribution in [-0.2, 0) is 0 Å². The van der Waals surface area contributed by atoms with Crippen molar-refractivity contribution in [3.63, 3.8) is 0 Å². The Hall–Kier alpha value is -1.89. The highest BCUT2D eigenvalue weighted by Crippen LogP contribution is 2.23. The molecule has 0 saturated heterocycles. The molecule has 1 amide bonds. The number of aliphatic hydroxyl groups excluding tert-OH is 2. The number of halogens is 1. The lowest BCUT2D eigenvalue weighted by Crippen LogP contribution is -2.41. The summed E-state index contributed by atoms with van der Waals surface area (Å²) in [7, 11) is 1.58. The Kier molecular flexibility index (Phi) is 5.41. The monoisotopic (exact) mass is 338 g/mol. The van der Waals surface area contributed by atoms with Crippen molar-refractivity contribution >= 4 is 17.5 Å². The third kappa shape index (κ3) is 4.10. The van der Waals surface area contributed by atoms with Crippen LogP contribution in [0.15, 0.2) is 34.9 Å². The van der Waals surface area contributed by atoms with Gasteiger partial charge in [0.25, 0.3) is 5.91 Å². The summed E-state index contributed by atoms with van der Waals surface area (Å²) in [4.78, 5) is 13.8. The second-order valence-electron chi connectivity index (χ2n) is 5.87. The molecular weight excluding hydrogens is 320 g/mol. The molecule has 0 aliphatic heterocycles. The van der Waals surface area contributed by atoms with Crippen LogP contribution in [0.5, 0.6) is 0 Å². The Morgan fingerprint density at radius 3 is 2.65 bits per heavy atom. The van der Waals surface area contributed by atoms with E-state index in [2.05, 4.69) is 5.16 Å². The van der Waals surface area contributed by atoms with Crippen molar-refractivity contribution in [3.8, 4) is 11.3 Å². The Bertz CT molecular complexity index is 682. The predicted octanol–water partition coefficient (Wildman–Crippen LogP) is 2.06. The Morgan fingerprint density at radius 1 is 1.35 bits per heavy atom. The number of hydrogen-bond acceptors (Lipinski definition) is 5. The normalized spacial score (nSPS) is 11.5. The van der Waals surface area contributed by atoms with E-state index < -0.39 is 5.41 Å². The molecule has 0 fully saturated rings. The second kappa shape index (κ2) is 7.12. The van der Waals surface area contributed by atoms with Crippen LogP contribution in [0.25, 0.3) is 11.3 Å². The average molecular weight is 339 g/mol. The molecular formula is C16H19ClN2O4. The van der Waals surface area contributed by atoms with Crippen LogP contribution in [0, 0.1) is 5.41 Å². The van der Waals surface area contributed by atoms with Crippen molar-refractivity contribution in [2.45, 2.75) is 6.92 Å². The van der Waals surface area contributed by atoms with E-state index in [1.54, 1.807) is 38.2 Å². The lowest BCUT2D eigenvalue weighted by molar-refractivity contribution is 0.0348. The highest BCUT2D eigenvalue weighted by atomic mass is 35.5. The van der Waals surface area contributed by atoms with Crippen LogP contribution >= 0.6 is 11.6 Å². The van der Waals surface area contributed by atoms with E-state index in [-0.39, 0.29) is 31.4 Å². The minimum absolute atomic E-state index is 0.0840. The molecule has 124 valence electrons. The first-order valence-electron chi connectivity index (χ1n) is 7.08. The van der Waals surface area contributed by atoms with Crippen molar-refractivity contribution in [3.05, 3.63) is 41.1 Å². The lowest BCUT2D eigenvalue weighted by atomic mass is 9.92. The lowest BCUT2D eigenvalue weighted by Gasteiger charge is -2.29. The van der Waals surface area contributed by atoms with Gasteiger partial charge in [0.2, 0.25) is 5.76 Å². The zero-order chi connectivity index (χ0) is 17.0. The molecule has 1 aromatic carbocycles. The summed E-state index contributed by atoms with van der Waals surface area (Å²) in [5, 5.41) is 23.1. The van der Waals surface area contributed by atoms with Gasteiger partial charge in [0.05, 0.1) is 13.2 Å². The zero-order valence-electron chi connectivity index (χ0n) is 13.0. The van der Waals surface area contributed by atoms with E-state index in [1.807, 2.05) is 6.07 Å². The number of nitrogens with zero attached hydrogens (tertiary/aromatic N) is 2. The molecule has 0 saturated carbocycles. The molecule has 0 spiro atoms. The highest BCUT2D eigenvalue weighted by Gasteiger charge is 2.28. The maximum Gasteiger partial charge on any atom is 0.292 e. The first-order valence-corrected chi connectivity index (χ1v) is 7.46. The first kappa shape index (κ1) is 17.5. The number of rotatable bonds is 6. The van der Waals surface area contributed by atoms with Gasteiger partial charge < -0.3 is 19.6 Å². The maximum absolute atomic E-state index is 12.4. The molecule has 2 aromatic rings. The fraction of sp³-hybridized carbons (Fsp3) is 0.375. The Balaban J connectivity index is 2.15. The van der Waals surface area contributed by atoms with E-state index >= 15 is 0 Å². The zero-order valence-corrected chi connectivity index (χ0v) is 13.7. The summed E-state index contributed by atoms with van der Waals surface area (Å²) in [6.45, 7) is 1.41. The van der Waals surface area contributed by atoms with Crippen LogP contribution in [-0.4, -0.2) is 53.0 Å². The van der Waals surface area contributed by atoms with Crippen molar-refractivity contribution in [2.75, 3.05) is 26.8 Å². The molecule has 2 N–H and O–H groups in total. The quantitative estimate of drug-likeness (QED) is 0.842. The third-order valence-corrected chi connectivity index (χ3v) is 3.81. The highest BCUT2D eigenvalue weighted by molar-refractivity contribution is 6.30. The summed E-state index contributed by atoms with van der Waals surface area (Å²) in [5.74, 6) is -0.292. The van der Waals surface area contributed by atoms with Gasteiger partial charge in [-0.15, -0.1) is 0 Å². The van der Waals surface area contributed by atoms with Crippen molar-refractivity contribution in [1.82, 2.24) is 10.1 Å². The van der Waals surface area contributed by atoms with Gasteiger partial charge >= 0.3 is 0 Å². The van der Waals surface area contributed by atoms with E-state index in [9.17, 15) is 15.0 Å². The van der Waals surface area contributed by atoms with Gasteiger partial charge in [0, 0.05) is 35.7 Å². The molecule has 23 heavy (non-hydrogen) atoms. The van der Waals surface area contributed by atoms with E-state index in [0.717, 1.165) is 5.56 Å². The molecule has 0 bridgehead atoms. The fourth-order valence-corrected chi connectivity index (χ4v) is 2.33. The van der Waals surface area contributed by atoms with Gasteiger partial charge in [-0.3, -0.25) is 4.79 Å². The minimum atomic E-state index is -0.778. The molecule has 7 heteroatoms. The standard InChI is InChI=1S/C16H19ClN2O4/c1-16(9-20,10-21)8-19(2)15(22)14-7-13(18-23-14)11-4-3-5-12(17)6-11/h3-7,20-21H,8-10H2,1-2H3. The van der Waals surface area contributed by atoms with Gasteiger partial charge in [-0.2, -0.15) is 0 Å². The molecule has 1 heterocycles. The summed E-state index contributed by atoms with van der Waals surface area (Å²) in [6, 6.07) is 8.62. The predicted molar refractivity (Wildman–Crippen MR) is 86.2 cm³/mol. The number of carbonyl (C=O) groups excluding carboxylic acids is 1. The average Bonchev–Trinajstić information content (AvgIpc) is 3.04. The molecule has 0 unspecified atom stereocenters. The van der Waals surface area contributed by atoms with Crippen LogP contribution in [0.1, 0.15) is 17.5 Å². The van der Waals surface area contributed by atoms with Crippen molar-refractivity contribution < 1.29 is 19.5 Å². The summed E-state index contributed by atoms with van der Waals surface area (Å²) in [5.41, 5.74) is 0.482. The van der Waals surface area contributed by atoms with Crippen LogP contribution in [0.3, 0.4) is 0 Å². The van der Waals surface area contributed by atoms with Crippen molar-refractivity contribution in [1.29, 1.82) is 0 Å². The summed E-state index contributed by atoms with van der Waals surface area (Å²) >= 11 is 5.94. The molecule has 2 rings (SSSR count). The topological polar surface area (TPSA) is 86.8 Å². The number of carbonyl (C=O) groups is 1. The fourth-order valence-electron chi connectivity index (χ4n) is 2.14. The molecule has 6 nitrogen and oxygen atoms in total. The van der Waals surface area contributed by atoms with Gasteiger partial charge in [0.1, 0.15) is 5.69 Å². The van der Waals surface area contributed by atoms with Crippen LogP contribution in [0.2, 0.25) is 5.02 Å². The number of amides is 1. The smallest absolute Gasteiger partial charge is 0.292 e. The number of benzene rings is 1. The SMILES string of the molecule is CN(CC(C)(CO)CO)C(=O)c1cc(-c2cccc(Cl)c2)no1. The summed E-state index contributed by atoms with van der Waals surface area (Å²) < 4.78 is 5.11. The molecule has 0 radical (unpaired) electrons. The van der Waals surface area contributed by atoms with Crippen LogP contribution in [0.4, 0.5) is 0 Å². The van der Waals surface area contributed by atoms with Gasteiger partial charge in [-0.05, 0) is 12.1 Å². The Labute approximate surface area is 139 Å². The van der Waals surface area contributed by atoms with E-state index in [4.69, 9.17) is 16.1 Å². The molecule has 0 aliphatic rings. The van der Waals surface area contributed by atoms with E-state index in [1.165, 1.54) is 4.90 Å². The van der Waals surface area contributed by atoms with Gasteiger partial charge in [0.15, 0.2) is 0 Å². The van der Waals surface area contributed by atoms with E-state index in [0.29, 0.717) is 10.7 Å². The first-order chi connectivity index (χ1) is 10.9. The third-order valence-electron chi connectivity index (χ3n) is 3.57. The maximum atomic E-state index is 12.4. The number of aromatic nitrogens is 1. The number of aliphatic hydroxyl groups is 2.